The van der Waals surface area contributed by atoms with Gasteiger partial charge in [-0.05, 0) is 45.1 Å². The van der Waals surface area contributed by atoms with Gasteiger partial charge in [-0.25, -0.2) is 4.39 Å². The molecule has 2 aromatic rings. The average Bonchev–Trinajstić information content (AvgIpc) is 2.73. The van der Waals surface area contributed by atoms with Crippen molar-refractivity contribution in [2.24, 2.45) is 0 Å². The van der Waals surface area contributed by atoms with Crippen LogP contribution in [0.25, 0.3) is 0 Å². The number of aromatic nitrogens is 2. The van der Waals surface area contributed by atoms with E-state index in [2.05, 4.69) is 26.3 Å². The minimum Gasteiger partial charge on any atom is -0.358 e. The lowest BCUT2D eigenvalue weighted by molar-refractivity contribution is -0.390. The molecule has 1 heterocycles. The fraction of sp³-hybridized carbons (Fsp3) is 0.0909. The van der Waals surface area contributed by atoms with Gasteiger partial charge in [-0.1, -0.05) is 0 Å². The van der Waals surface area contributed by atoms with Gasteiger partial charge < -0.3 is 15.4 Å². The number of nitrogens with zero attached hydrogens (tertiary/aromatic N) is 3. The zero-order chi connectivity index (χ0) is 14.7. The lowest BCUT2D eigenvalue weighted by atomic mass is 10.3. The monoisotopic (exact) mass is 342 g/mol. The van der Waals surface area contributed by atoms with Crippen molar-refractivity contribution in [3.63, 3.8) is 0 Å². The van der Waals surface area contributed by atoms with Gasteiger partial charge in [-0.3, -0.25) is 4.79 Å². The van der Waals surface area contributed by atoms with Crippen molar-refractivity contribution in [1.29, 1.82) is 0 Å². The second-order valence-electron chi connectivity index (χ2n) is 3.81. The quantitative estimate of drug-likeness (QED) is 0.681. The molecule has 7 nitrogen and oxygen atoms in total. The van der Waals surface area contributed by atoms with E-state index < -0.39 is 16.6 Å². The first-order valence-corrected chi connectivity index (χ1v) is 6.18. The molecule has 0 radical (unpaired) electrons. The summed E-state index contributed by atoms with van der Waals surface area (Å²) < 4.78 is 14.0. The molecule has 20 heavy (non-hydrogen) atoms. The van der Waals surface area contributed by atoms with E-state index in [4.69, 9.17) is 0 Å². The van der Waals surface area contributed by atoms with E-state index in [-0.39, 0.29) is 16.8 Å². The molecule has 1 aromatic heterocycles. The number of hydrogen-bond acceptors (Lipinski definition) is 4. The smallest absolute Gasteiger partial charge is 0.358 e. The van der Waals surface area contributed by atoms with Crippen LogP contribution in [-0.2, 0) is 11.3 Å². The molecule has 104 valence electrons. The lowest BCUT2D eigenvalue weighted by Crippen LogP contribution is -2.19. The predicted octanol–water partition coefficient (Wildman–Crippen LogP) is 2.33. The summed E-state index contributed by atoms with van der Waals surface area (Å²) in [5.74, 6) is -1.20. The van der Waals surface area contributed by atoms with Gasteiger partial charge in [-0.15, -0.1) is 0 Å². The fourth-order valence-electron chi connectivity index (χ4n) is 1.47. The van der Waals surface area contributed by atoms with E-state index in [1.165, 1.54) is 30.5 Å². The van der Waals surface area contributed by atoms with Crippen molar-refractivity contribution in [3.8, 4) is 0 Å². The first-order valence-electron chi connectivity index (χ1n) is 5.38. The highest BCUT2D eigenvalue weighted by Crippen LogP contribution is 2.21. The van der Waals surface area contributed by atoms with Gasteiger partial charge in [0, 0.05) is 5.69 Å². The Hall–Kier alpha value is -2.29. The Balaban J connectivity index is 2.03. The minimum atomic E-state index is -0.654. The van der Waals surface area contributed by atoms with Crippen molar-refractivity contribution in [1.82, 2.24) is 9.78 Å². The van der Waals surface area contributed by atoms with Crippen LogP contribution in [0.5, 0.6) is 0 Å². The molecule has 0 saturated heterocycles. The summed E-state index contributed by atoms with van der Waals surface area (Å²) in [6.45, 7) is -0.191. The first-order chi connectivity index (χ1) is 9.45. The molecule has 0 unspecified atom stereocenters. The van der Waals surface area contributed by atoms with Crippen LogP contribution in [-0.4, -0.2) is 20.6 Å². The van der Waals surface area contributed by atoms with Gasteiger partial charge in [-0.2, -0.15) is 4.68 Å². The third kappa shape index (κ3) is 3.38. The summed E-state index contributed by atoms with van der Waals surface area (Å²) in [5.41, 5.74) is 0.428. The number of hydrogen-bond donors (Lipinski definition) is 1. The van der Waals surface area contributed by atoms with Crippen LogP contribution in [0.3, 0.4) is 0 Å². The fourth-order valence-corrected chi connectivity index (χ4v) is 1.93. The minimum absolute atomic E-state index is 0.191. The van der Waals surface area contributed by atoms with E-state index >= 15 is 0 Å². The van der Waals surface area contributed by atoms with Gasteiger partial charge in [0.1, 0.15) is 16.8 Å². The van der Waals surface area contributed by atoms with Crippen molar-refractivity contribution in [3.05, 3.63) is 50.9 Å². The maximum atomic E-state index is 12.7. The van der Waals surface area contributed by atoms with Gasteiger partial charge in [0.2, 0.25) is 5.91 Å². The number of amides is 1. The van der Waals surface area contributed by atoms with Crippen molar-refractivity contribution in [2.45, 2.75) is 6.54 Å². The maximum Gasteiger partial charge on any atom is 0.404 e. The van der Waals surface area contributed by atoms with E-state index in [0.29, 0.717) is 5.69 Å². The third-order valence-corrected chi connectivity index (χ3v) is 2.87. The second kappa shape index (κ2) is 5.78. The van der Waals surface area contributed by atoms with E-state index in [0.717, 1.165) is 4.68 Å². The zero-order valence-corrected chi connectivity index (χ0v) is 11.5. The highest BCUT2D eigenvalue weighted by molar-refractivity contribution is 9.10. The van der Waals surface area contributed by atoms with E-state index in [9.17, 15) is 19.3 Å². The van der Waals surface area contributed by atoms with Gasteiger partial charge >= 0.3 is 5.82 Å². The molecule has 0 aliphatic heterocycles. The maximum absolute atomic E-state index is 12.7. The first kappa shape index (κ1) is 14.1. The molecule has 0 atom stereocenters. The van der Waals surface area contributed by atoms with Crippen LogP contribution < -0.4 is 5.32 Å². The molecule has 0 aliphatic carbocycles. The standard InChI is InChI=1S/C11H8BrFN4O3/c12-9-5-16(15-11(9)17(19)20)6-10(18)14-8-3-1-7(13)2-4-8/h1-5H,6H2,(H,14,18). The van der Waals surface area contributed by atoms with Gasteiger partial charge in [0.25, 0.3) is 0 Å². The Kier molecular flexibility index (Phi) is 4.08. The Bertz CT molecular complexity index is 656. The van der Waals surface area contributed by atoms with Crippen LogP contribution in [0.1, 0.15) is 0 Å². The van der Waals surface area contributed by atoms with Gasteiger partial charge in [0.15, 0.2) is 0 Å². The summed E-state index contributed by atoms with van der Waals surface area (Å²) in [6.07, 6.45) is 1.34. The number of nitro groups is 1. The summed E-state index contributed by atoms with van der Waals surface area (Å²) in [4.78, 5) is 21.7. The predicted molar refractivity (Wildman–Crippen MR) is 71.6 cm³/mol. The number of carbonyl (C=O) groups excluding carboxylic acids is 1. The van der Waals surface area contributed by atoms with Crippen LogP contribution >= 0.6 is 15.9 Å². The van der Waals surface area contributed by atoms with Gasteiger partial charge in [0.05, 0.1) is 11.3 Å². The molecule has 1 aromatic carbocycles. The topological polar surface area (TPSA) is 90.1 Å². The second-order valence-corrected chi connectivity index (χ2v) is 4.66. The molecule has 2 rings (SSSR count). The van der Waals surface area contributed by atoms with Crippen LogP contribution in [0.15, 0.2) is 34.9 Å². The Morgan fingerprint density at radius 2 is 2.10 bits per heavy atom. The Labute approximate surface area is 120 Å². The van der Waals surface area contributed by atoms with E-state index in [1.807, 2.05) is 0 Å². The molecule has 1 N–H and O–H groups in total. The molecule has 0 aliphatic rings. The van der Waals surface area contributed by atoms with E-state index in [1.54, 1.807) is 0 Å². The number of rotatable bonds is 4. The summed E-state index contributed by atoms with van der Waals surface area (Å²) in [7, 11) is 0. The third-order valence-electron chi connectivity index (χ3n) is 2.31. The molecule has 1 amide bonds. The molecule has 0 fully saturated rings. The highest BCUT2D eigenvalue weighted by Gasteiger charge is 2.19. The number of carbonyl (C=O) groups is 1. The Morgan fingerprint density at radius 1 is 1.45 bits per heavy atom. The molecule has 0 bridgehead atoms. The summed E-state index contributed by atoms with van der Waals surface area (Å²) in [6, 6.07) is 5.25. The lowest BCUT2D eigenvalue weighted by Gasteiger charge is -2.03. The molecule has 0 saturated carbocycles. The van der Waals surface area contributed by atoms with Crippen molar-refractivity contribution < 1.29 is 14.1 Å². The number of anilines is 1. The SMILES string of the molecule is O=C(Cn1cc(Br)c([N+](=O)[O-])n1)Nc1ccc(F)cc1. The summed E-state index contributed by atoms with van der Waals surface area (Å²) >= 11 is 2.98. The van der Waals surface area contributed by atoms with Crippen molar-refractivity contribution >= 4 is 33.3 Å². The molecular formula is C11H8BrFN4O3. The van der Waals surface area contributed by atoms with Crippen LogP contribution in [0, 0.1) is 15.9 Å². The summed E-state index contributed by atoms with van der Waals surface area (Å²) in [5, 5.41) is 16.8. The highest BCUT2D eigenvalue weighted by atomic mass is 79.9. The Morgan fingerprint density at radius 3 is 2.65 bits per heavy atom. The molecule has 0 spiro atoms. The van der Waals surface area contributed by atoms with Crippen LogP contribution in [0.2, 0.25) is 0 Å². The normalized spacial score (nSPS) is 10.3. The number of benzene rings is 1. The van der Waals surface area contributed by atoms with Crippen molar-refractivity contribution in [2.75, 3.05) is 5.32 Å². The van der Waals surface area contributed by atoms with Crippen LogP contribution in [0.4, 0.5) is 15.9 Å². The number of nitrogens with one attached hydrogen (secondary N) is 1. The molecule has 9 heteroatoms. The average molecular weight is 343 g/mol. The largest absolute Gasteiger partial charge is 0.404 e. The zero-order valence-electron chi connectivity index (χ0n) is 9.92. The number of halogens is 2. The molecular weight excluding hydrogens is 335 g/mol.